The van der Waals surface area contributed by atoms with Gasteiger partial charge in [-0.25, -0.2) is 4.98 Å². The zero-order chi connectivity index (χ0) is 13.0. The molecule has 1 aromatic heterocycles. The van der Waals surface area contributed by atoms with Gasteiger partial charge >= 0.3 is 0 Å². The summed E-state index contributed by atoms with van der Waals surface area (Å²) < 4.78 is 5.69. The van der Waals surface area contributed by atoms with E-state index in [9.17, 15) is 5.11 Å². The molecule has 0 saturated heterocycles. The van der Waals surface area contributed by atoms with E-state index in [1.165, 1.54) is 0 Å². The fourth-order valence-electron chi connectivity index (χ4n) is 1.73. The van der Waals surface area contributed by atoms with Gasteiger partial charge in [0.05, 0.1) is 18.9 Å². The standard InChI is InChI=1S/C15H17NO2/c1-11(2)7-8-18-15-14-6-4-3-5-12(14)9-13(10-17)16-15/h3-6,9,17H,1,7-8,10H2,2H3. The van der Waals surface area contributed by atoms with Crippen LogP contribution >= 0.6 is 0 Å². The number of hydrogen-bond acceptors (Lipinski definition) is 3. The SMILES string of the molecule is C=C(C)CCOc1nc(CO)cc2ccccc12. The smallest absolute Gasteiger partial charge is 0.221 e. The Kier molecular flexibility index (Phi) is 3.95. The van der Waals surface area contributed by atoms with Gasteiger partial charge in [-0.1, -0.05) is 23.8 Å². The molecule has 0 unspecified atom stereocenters. The molecule has 1 aromatic carbocycles. The molecule has 18 heavy (non-hydrogen) atoms. The number of benzene rings is 1. The van der Waals surface area contributed by atoms with Gasteiger partial charge in [0.1, 0.15) is 0 Å². The number of pyridine rings is 1. The Balaban J connectivity index is 2.31. The van der Waals surface area contributed by atoms with Gasteiger partial charge in [-0.2, -0.15) is 0 Å². The number of hydrogen-bond donors (Lipinski definition) is 1. The fraction of sp³-hybridized carbons (Fsp3) is 0.267. The van der Waals surface area contributed by atoms with Crippen LogP contribution in [-0.4, -0.2) is 16.7 Å². The molecular weight excluding hydrogens is 226 g/mol. The molecule has 0 bridgehead atoms. The summed E-state index contributed by atoms with van der Waals surface area (Å²) in [5.74, 6) is 0.582. The van der Waals surface area contributed by atoms with Crippen LogP contribution in [0.3, 0.4) is 0 Å². The lowest BCUT2D eigenvalue weighted by atomic mass is 10.1. The first-order valence-electron chi connectivity index (χ1n) is 5.97. The monoisotopic (exact) mass is 243 g/mol. The average Bonchev–Trinajstić information content (AvgIpc) is 2.38. The number of aliphatic hydroxyl groups excluding tert-OH is 1. The summed E-state index contributed by atoms with van der Waals surface area (Å²) in [5, 5.41) is 11.2. The molecule has 0 aliphatic rings. The lowest BCUT2D eigenvalue weighted by Gasteiger charge is -2.10. The maximum atomic E-state index is 9.20. The van der Waals surface area contributed by atoms with Crippen molar-refractivity contribution in [1.82, 2.24) is 4.98 Å². The van der Waals surface area contributed by atoms with Crippen LogP contribution in [0.4, 0.5) is 0 Å². The number of fused-ring (bicyclic) bond motifs is 1. The van der Waals surface area contributed by atoms with E-state index in [4.69, 9.17) is 4.74 Å². The zero-order valence-electron chi connectivity index (χ0n) is 10.5. The Hall–Kier alpha value is -1.87. The van der Waals surface area contributed by atoms with Crippen molar-refractivity contribution in [3.8, 4) is 5.88 Å². The second kappa shape index (κ2) is 5.65. The molecule has 0 radical (unpaired) electrons. The van der Waals surface area contributed by atoms with Crippen LogP contribution in [0, 0.1) is 0 Å². The van der Waals surface area contributed by atoms with E-state index < -0.39 is 0 Å². The highest BCUT2D eigenvalue weighted by Crippen LogP contribution is 2.24. The first kappa shape index (κ1) is 12.6. The summed E-state index contributed by atoms with van der Waals surface area (Å²) in [6.07, 6.45) is 0.805. The zero-order valence-corrected chi connectivity index (χ0v) is 10.5. The van der Waals surface area contributed by atoms with Crippen molar-refractivity contribution in [3.63, 3.8) is 0 Å². The normalized spacial score (nSPS) is 10.6. The quantitative estimate of drug-likeness (QED) is 0.821. The first-order chi connectivity index (χ1) is 8.70. The van der Waals surface area contributed by atoms with Crippen LogP contribution < -0.4 is 4.74 Å². The van der Waals surface area contributed by atoms with Gasteiger partial charge in [0.25, 0.3) is 0 Å². The topological polar surface area (TPSA) is 42.4 Å². The van der Waals surface area contributed by atoms with Gasteiger partial charge in [0.15, 0.2) is 0 Å². The van der Waals surface area contributed by atoms with Crippen LogP contribution in [0.2, 0.25) is 0 Å². The summed E-state index contributed by atoms with van der Waals surface area (Å²) in [7, 11) is 0. The highest BCUT2D eigenvalue weighted by atomic mass is 16.5. The summed E-state index contributed by atoms with van der Waals surface area (Å²) in [4.78, 5) is 4.31. The van der Waals surface area contributed by atoms with Gasteiger partial charge in [0.2, 0.25) is 5.88 Å². The van der Waals surface area contributed by atoms with E-state index in [-0.39, 0.29) is 6.61 Å². The van der Waals surface area contributed by atoms with Crippen LogP contribution in [0.1, 0.15) is 19.0 Å². The molecule has 0 spiro atoms. The Morgan fingerprint density at radius 3 is 2.89 bits per heavy atom. The molecule has 0 amide bonds. The molecule has 0 aliphatic heterocycles. The molecule has 0 atom stereocenters. The van der Waals surface area contributed by atoms with Crippen molar-refractivity contribution < 1.29 is 9.84 Å². The number of nitrogens with zero attached hydrogens (tertiary/aromatic N) is 1. The molecule has 3 heteroatoms. The third-order valence-corrected chi connectivity index (χ3v) is 2.69. The Bertz CT molecular complexity index is 563. The van der Waals surface area contributed by atoms with Crippen molar-refractivity contribution in [2.24, 2.45) is 0 Å². The van der Waals surface area contributed by atoms with E-state index in [2.05, 4.69) is 11.6 Å². The fourth-order valence-corrected chi connectivity index (χ4v) is 1.73. The number of ether oxygens (including phenoxy) is 1. The largest absolute Gasteiger partial charge is 0.477 e. The van der Waals surface area contributed by atoms with Crippen LogP contribution in [0.25, 0.3) is 10.8 Å². The summed E-state index contributed by atoms with van der Waals surface area (Å²) in [6, 6.07) is 9.75. The Labute approximate surface area is 107 Å². The van der Waals surface area contributed by atoms with Gasteiger partial charge in [0, 0.05) is 11.8 Å². The molecular formula is C15H17NO2. The molecule has 2 aromatic rings. The second-order valence-corrected chi connectivity index (χ2v) is 4.35. The molecule has 2 rings (SSSR count). The first-order valence-corrected chi connectivity index (χ1v) is 5.97. The Morgan fingerprint density at radius 1 is 1.39 bits per heavy atom. The van der Waals surface area contributed by atoms with Crippen LogP contribution in [0.5, 0.6) is 5.88 Å². The molecule has 1 heterocycles. The number of aliphatic hydroxyl groups is 1. The predicted molar refractivity (Wildman–Crippen MR) is 72.6 cm³/mol. The minimum atomic E-state index is -0.0817. The number of aromatic nitrogens is 1. The van der Waals surface area contributed by atoms with Gasteiger partial charge in [-0.15, -0.1) is 6.58 Å². The summed E-state index contributed by atoms with van der Waals surface area (Å²) >= 11 is 0. The minimum Gasteiger partial charge on any atom is -0.477 e. The minimum absolute atomic E-state index is 0.0817. The molecule has 94 valence electrons. The van der Waals surface area contributed by atoms with Crippen molar-refractivity contribution >= 4 is 10.8 Å². The van der Waals surface area contributed by atoms with Crippen molar-refractivity contribution in [2.75, 3.05) is 6.61 Å². The third kappa shape index (κ3) is 2.87. The van der Waals surface area contributed by atoms with Gasteiger partial charge in [-0.3, -0.25) is 0 Å². The summed E-state index contributed by atoms with van der Waals surface area (Å²) in [5.41, 5.74) is 1.71. The molecule has 0 aliphatic carbocycles. The predicted octanol–water partition coefficient (Wildman–Crippen LogP) is 3.07. The van der Waals surface area contributed by atoms with Crippen molar-refractivity contribution in [3.05, 3.63) is 48.2 Å². The maximum Gasteiger partial charge on any atom is 0.221 e. The van der Waals surface area contributed by atoms with E-state index in [0.29, 0.717) is 18.2 Å². The van der Waals surface area contributed by atoms with E-state index in [1.54, 1.807) is 0 Å². The van der Waals surface area contributed by atoms with Crippen molar-refractivity contribution in [1.29, 1.82) is 0 Å². The molecule has 1 N–H and O–H groups in total. The summed E-state index contributed by atoms with van der Waals surface area (Å²) in [6.45, 7) is 6.29. The highest BCUT2D eigenvalue weighted by Gasteiger charge is 2.06. The van der Waals surface area contributed by atoms with Gasteiger partial charge in [-0.05, 0) is 24.4 Å². The van der Waals surface area contributed by atoms with Gasteiger partial charge < -0.3 is 9.84 Å². The maximum absolute atomic E-state index is 9.20. The highest BCUT2D eigenvalue weighted by molar-refractivity contribution is 5.87. The molecule has 0 saturated carbocycles. The third-order valence-electron chi connectivity index (χ3n) is 2.69. The van der Waals surface area contributed by atoms with E-state index in [0.717, 1.165) is 22.8 Å². The number of rotatable bonds is 5. The lowest BCUT2D eigenvalue weighted by Crippen LogP contribution is -2.02. The average molecular weight is 243 g/mol. The lowest BCUT2D eigenvalue weighted by molar-refractivity contribution is 0.270. The van der Waals surface area contributed by atoms with Crippen LogP contribution in [0.15, 0.2) is 42.5 Å². The molecule has 0 fully saturated rings. The van der Waals surface area contributed by atoms with Crippen molar-refractivity contribution in [2.45, 2.75) is 20.0 Å². The molecule has 3 nitrogen and oxygen atoms in total. The van der Waals surface area contributed by atoms with E-state index >= 15 is 0 Å². The Morgan fingerprint density at radius 2 is 2.17 bits per heavy atom. The van der Waals surface area contributed by atoms with Crippen LogP contribution in [-0.2, 0) is 6.61 Å². The van der Waals surface area contributed by atoms with E-state index in [1.807, 2.05) is 37.3 Å². The second-order valence-electron chi connectivity index (χ2n) is 4.35.